The molecule has 6 rings (SSSR count). The number of fused-ring (bicyclic) bond motifs is 1. The molecule has 2 aliphatic heterocycles. The third-order valence-corrected chi connectivity index (χ3v) is 9.03. The summed E-state index contributed by atoms with van der Waals surface area (Å²) in [7, 11) is 1.95. The number of pyridine rings is 1. The Morgan fingerprint density at radius 2 is 1.93 bits per heavy atom. The maximum Gasteiger partial charge on any atom is 0.172 e. The van der Waals surface area contributed by atoms with Crippen molar-refractivity contribution in [2.75, 3.05) is 56.3 Å². The molecule has 2 aliphatic rings. The van der Waals surface area contributed by atoms with Gasteiger partial charge in [0.2, 0.25) is 0 Å². The average molecular weight is 590 g/mol. The van der Waals surface area contributed by atoms with Crippen molar-refractivity contribution in [3.63, 3.8) is 0 Å². The van der Waals surface area contributed by atoms with Gasteiger partial charge in [0.05, 0.1) is 40.7 Å². The van der Waals surface area contributed by atoms with E-state index >= 15 is 0 Å². The Balaban J connectivity index is 1.34. The van der Waals surface area contributed by atoms with Crippen LogP contribution >= 0.6 is 23.4 Å². The summed E-state index contributed by atoms with van der Waals surface area (Å²) >= 11 is 8.19. The molecule has 4 aromatic rings. The normalized spacial score (nSPS) is 16.1. The summed E-state index contributed by atoms with van der Waals surface area (Å²) in [6, 6.07) is 12.2. The molecule has 9 nitrogen and oxygen atoms in total. The molecule has 41 heavy (non-hydrogen) atoms. The van der Waals surface area contributed by atoms with E-state index in [9.17, 15) is 5.26 Å². The van der Waals surface area contributed by atoms with Crippen LogP contribution in [0.25, 0.3) is 10.9 Å². The molecule has 2 aromatic heterocycles. The Labute approximate surface area is 249 Å². The Kier molecular flexibility index (Phi) is 8.49. The second kappa shape index (κ2) is 12.6. The number of anilines is 3. The molecular formula is C30H32ClN7O2S. The summed E-state index contributed by atoms with van der Waals surface area (Å²) in [5.74, 6) is 0.797. The number of ether oxygens (including phenoxy) is 2. The van der Waals surface area contributed by atoms with E-state index in [1.165, 1.54) is 18.2 Å². The Bertz CT molecular complexity index is 1580. The van der Waals surface area contributed by atoms with Gasteiger partial charge < -0.3 is 24.3 Å². The molecule has 1 N–H and O–H groups in total. The fourth-order valence-corrected chi connectivity index (χ4v) is 6.27. The van der Waals surface area contributed by atoms with E-state index in [4.69, 9.17) is 21.1 Å². The molecule has 0 saturated carbocycles. The fourth-order valence-electron chi connectivity index (χ4n) is 5.17. The molecule has 0 aliphatic carbocycles. The van der Waals surface area contributed by atoms with Gasteiger partial charge in [-0.3, -0.25) is 9.88 Å². The number of benzene rings is 2. The molecule has 0 unspecified atom stereocenters. The summed E-state index contributed by atoms with van der Waals surface area (Å²) < 4.78 is 13.9. The van der Waals surface area contributed by atoms with Crippen LogP contribution in [-0.4, -0.2) is 65.6 Å². The third-order valence-electron chi connectivity index (χ3n) is 7.45. The highest BCUT2D eigenvalue weighted by Gasteiger charge is 2.21. The van der Waals surface area contributed by atoms with Crippen LogP contribution in [0.1, 0.15) is 24.8 Å². The molecule has 2 saturated heterocycles. The number of halogens is 1. The minimum atomic E-state index is 0.449. The van der Waals surface area contributed by atoms with Crippen molar-refractivity contribution >= 4 is 51.3 Å². The summed E-state index contributed by atoms with van der Waals surface area (Å²) in [4.78, 5) is 14.6. The van der Waals surface area contributed by atoms with Gasteiger partial charge in [-0.25, -0.2) is 4.98 Å². The smallest absolute Gasteiger partial charge is 0.172 e. The Morgan fingerprint density at radius 1 is 1.10 bits per heavy atom. The molecule has 212 valence electrons. The van der Waals surface area contributed by atoms with E-state index in [0.29, 0.717) is 36.2 Å². The number of imidazole rings is 1. The maximum atomic E-state index is 10.00. The van der Waals surface area contributed by atoms with Gasteiger partial charge in [-0.2, -0.15) is 5.26 Å². The summed E-state index contributed by atoms with van der Waals surface area (Å²) in [5.41, 5.74) is 3.76. The number of piperidine rings is 1. The summed E-state index contributed by atoms with van der Waals surface area (Å²) in [5, 5.41) is 15.7. The molecule has 0 spiro atoms. The maximum absolute atomic E-state index is 10.00. The van der Waals surface area contributed by atoms with Crippen molar-refractivity contribution in [1.29, 1.82) is 5.26 Å². The van der Waals surface area contributed by atoms with E-state index in [1.54, 1.807) is 12.4 Å². The minimum absolute atomic E-state index is 0.449. The highest BCUT2D eigenvalue weighted by atomic mass is 35.5. The zero-order valence-electron chi connectivity index (χ0n) is 23.0. The topological polar surface area (TPSA) is 91.5 Å². The molecule has 2 aromatic carbocycles. The van der Waals surface area contributed by atoms with Crippen LogP contribution in [0, 0.1) is 11.3 Å². The molecule has 0 atom stereocenters. The predicted molar refractivity (Wildman–Crippen MR) is 162 cm³/mol. The number of morpholine rings is 1. The summed E-state index contributed by atoms with van der Waals surface area (Å²) in [6.07, 6.45) is 8.85. The van der Waals surface area contributed by atoms with Crippen molar-refractivity contribution in [2.45, 2.75) is 29.3 Å². The first-order chi connectivity index (χ1) is 20.1. The lowest BCUT2D eigenvalue weighted by Gasteiger charge is -2.32. The molecule has 11 heteroatoms. The van der Waals surface area contributed by atoms with Crippen molar-refractivity contribution in [3.05, 3.63) is 59.5 Å². The van der Waals surface area contributed by atoms with E-state index < -0.39 is 0 Å². The zero-order chi connectivity index (χ0) is 28.2. The molecule has 4 heterocycles. The van der Waals surface area contributed by atoms with Gasteiger partial charge in [0, 0.05) is 67.8 Å². The number of rotatable bonds is 8. The number of aryl methyl sites for hydroxylation is 1. The lowest BCUT2D eigenvalue weighted by atomic mass is 10.1. The first kappa shape index (κ1) is 27.7. The Morgan fingerprint density at radius 3 is 2.66 bits per heavy atom. The zero-order valence-corrected chi connectivity index (χ0v) is 24.5. The van der Waals surface area contributed by atoms with E-state index in [0.717, 1.165) is 77.1 Å². The predicted octanol–water partition coefficient (Wildman–Crippen LogP) is 6.05. The van der Waals surface area contributed by atoms with Crippen LogP contribution in [0.3, 0.4) is 0 Å². The van der Waals surface area contributed by atoms with Gasteiger partial charge in [0.15, 0.2) is 5.16 Å². The lowest BCUT2D eigenvalue weighted by molar-refractivity contribution is 0.00420. The number of hydrogen-bond donors (Lipinski definition) is 1. The van der Waals surface area contributed by atoms with Crippen LogP contribution in [0.2, 0.25) is 5.02 Å². The van der Waals surface area contributed by atoms with Gasteiger partial charge >= 0.3 is 0 Å². The number of nitriles is 1. The monoisotopic (exact) mass is 589 g/mol. The van der Waals surface area contributed by atoms with E-state index in [1.807, 2.05) is 42.1 Å². The van der Waals surface area contributed by atoms with Crippen molar-refractivity contribution in [2.24, 2.45) is 7.05 Å². The number of aromatic nitrogens is 3. The first-order valence-electron chi connectivity index (χ1n) is 13.9. The third kappa shape index (κ3) is 6.23. The van der Waals surface area contributed by atoms with E-state index in [-0.39, 0.29) is 0 Å². The number of hydrogen-bond acceptors (Lipinski definition) is 9. The quantitative estimate of drug-likeness (QED) is 0.264. The van der Waals surface area contributed by atoms with Gasteiger partial charge in [-0.1, -0.05) is 23.4 Å². The standard InChI is InChI=1S/C30H32ClN7O2S/c1-36-10-7-33-30(36)41-28-6-5-22(15-24(28)31)35-29-21(18-32)19-34-25-17-26(38-8-3-2-4-9-38)27(16-23(25)29)40-20-37-11-13-39-14-12-37/h5-7,10,15-17,19H,2-4,8-9,11-14,20H2,1H3,(H,34,35). The van der Waals surface area contributed by atoms with Crippen LogP contribution in [0.5, 0.6) is 5.75 Å². The molecular weight excluding hydrogens is 558 g/mol. The van der Waals surface area contributed by atoms with Crippen LogP contribution < -0.4 is 15.0 Å². The van der Waals surface area contributed by atoms with Gasteiger partial charge in [-0.15, -0.1) is 0 Å². The molecule has 0 bridgehead atoms. The lowest BCUT2D eigenvalue weighted by Crippen LogP contribution is -2.39. The van der Waals surface area contributed by atoms with Crippen LogP contribution in [0.4, 0.5) is 17.1 Å². The van der Waals surface area contributed by atoms with Crippen molar-refractivity contribution < 1.29 is 9.47 Å². The van der Waals surface area contributed by atoms with Gasteiger partial charge in [-0.05, 0) is 49.6 Å². The molecule has 0 amide bonds. The van der Waals surface area contributed by atoms with Crippen molar-refractivity contribution in [3.8, 4) is 11.8 Å². The van der Waals surface area contributed by atoms with Crippen molar-refractivity contribution in [1.82, 2.24) is 19.4 Å². The van der Waals surface area contributed by atoms with Crippen LogP contribution in [0.15, 0.2) is 59.0 Å². The highest BCUT2D eigenvalue weighted by Crippen LogP contribution is 2.40. The minimum Gasteiger partial charge on any atom is -0.476 e. The molecule has 2 fully saturated rings. The summed E-state index contributed by atoms with van der Waals surface area (Å²) in [6.45, 7) is 5.57. The fraction of sp³-hybridized carbons (Fsp3) is 0.367. The van der Waals surface area contributed by atoms with Crippen LogP contribution in [-0.2, 0) is 11.8 Å². The first-order valence-corrected chi connectivity index (χ1v) is 15.0. The second-order valence-corrected chi connectivity index (χ2v) is 11.7. The molecule has 0 radical (unpaired) electrons. The van der Waals surface area contributed by atoms with Gasteiger partial charge in [0.25, 0.3) is 0 Å². The average Bonchev–Trinajstić information content (AvgIpc) is 3.42. The highest BCUT2D eigenvalue weighted by molar-refractivity contribution is 7.99. The number of nitrogens with zero attached hydrogens (tertiary/aromatic N) is 6. The van der Waals surface area contributed by atoms with Gasteiger partial charge in [0.1, 0.15) is 18.5 Å². The number of nitrogens with one attached hydrogen (secondary N) is 1. The Hall–Kier alpha value is -3.49. The largest absolute Gasteiger partial charge is 0.476 e. The van der Waals surface area contributed by atoms with E-state index in [2.05, 4.69) is 37.2 Å². The SMILES string of the molecule is Cn1ccnc1Sc1ccc(Nc2c(C#N)cnc3cc(N4CCCCC4)c(OCN4CCOCC4)cc23)cc1Cl. The second-order valence-electron chi connectivity index (χ2n) is 10.2.